The second-order valence-electron chi connectivity index (χ2n) is 7.43. The van der Waals surface area contributed by atoms with Crippen LogP contribution in [0.4, 0.5) is 0 Å². The fourth-order valence-electron chi connectivity index (χ4n) is 3.22. The van der Waals surface area contributed by atoms with Crippen molar-refractivity contribution < 1.29 is 17.9 Å². The summed E-state index contributed by atoms with van der Waals surface area (Å²) in [5, 5.41) is 3.13. The van der Waals surface area contributed by atoms with Gasteiger partial charge in [0, 0.05) is 33.7 Å². The third-order valence-electron chi connectivity index (χ3n) is 5.29. The van der Waals surface area contributed by atoms with Crippen LogP contribution < -0.4 is 19.5 Å². The van der Waals surface area contributed by atoms with E-state index in [4.69, 9.17) is 9.47 Å². The Morgan fingerprint density at radius 2 is 1.87 bits per heavy atom. The standard InChI is InChI=1S/C20H34N4O4S.HI/c1-15-11-18(27-4)19(28-5)12-17(15)14-24(3)20(21-2)22-9-10-29(25,26)23-13-16-7-6-8-16;/h11-12,16,23H,6-10,13-14H2,1-5H3,(H,21,22);1H. The summed E-state index contributed by atoms with van der Waals surface area (Å²) >= 11 is 0. The predicted molar refractivity (Wildman–Crippen MR) is 132 cm³/mol. The summed E-state index contributed by atoms with van der Waals surface area (Å²) in [6, 6.07) is 3.89. The number of rotatable bonds is 10. The average molecular weight is 554 g/mol. The van der Waals surface area contributed by atoms with Crippen molar-refractivity contribution in [2.75, 3.05) is 47.2 Å². The number of benzene rings is 1. The Bertz CT molecular complexity index is 813. The van der Waals surface area contributed by atoms with E-state index < -0.39 is 10.0 Å². The molecule has 1 aromatic carbocycles. The lowest BCUT2D eigenvalue weighted by molar-refractivity contribution is 0.316. The van der Waals surface area contributed by atoms with Crippen molar-refractivity contribution >= 4 is 40.0 Å². The van der Waals surface area contributed by atoms with Gasteiger partial charge in [0.2, 0.25) is 10.0 Å². The second-order valence-corrected chi connectivity index (χ2v) is 9.35. The summed E-state index contributed by atoms with van der Waals surface area (Å²) in [6.07, 6.45) is 3.44. The average Bonchev–Trinajstić information content (AvgIpc) is 2.64. The Hall–Kier alpha value is -1.27. The molecule has 10 heteroatoms. The molecular formula is C20H35IN4O4S. The largest absolute Gasteiger partial charge is 0.493 e. The summed E-state index contributed by atoms with van der Waals surface area (Å²) < 4.78 is 37.7. The van der Waals surface area contributed by atoms with Crippen molar-refractivity contribution in [1.82, 2.24) is 14.9 Å². The van der Waals surface area contributed by atoms with Gasteiger partial charge in [-0.2, -0.15) is 0 Å². The van der Waals surface area contributed by atoms with Gasteiger partial charge in [0.15, 0.2) is 17.5 Å². The first kappa shape index (κ1) is 26.8. The maximum atomic E-state index is 12.2. The van der Waals surface area contributed by atoms with Gasteiger partial charge in [-0.15, -0.1) is 24.0 Å². The number of hydrogen-bond acceptors (Lipinski definition) is 5. The number of nitrogens with one attached hydrogen (secondary N) is 2. The maximum absolute atomic E-state index is 12.2. The minimum absolute atomic E-state index is 0. The van der Waals surface area contributed by atoms with Crippen molar-refractivity contribution in [2.45, 2.75) is 32.7 Å². The Kier molecular flexibility index (Phi) is 11.2. The van der Waals surface area contributed by atoms with Crippen molar-refractivity contribution in [3.8, 4) is 11.5 Å². The van der Waals surface area contributed by atoms with Gasteiger partial charge in [-0.1, -0.05) is 6.42 Å². The Morgan fingerprint density at radius 1 is 1.23 bits per heavy atom. The van der Waals surface area contributed by atoms with Gasteiger partial charge in [0.05, 0.1) is 20.0 Å². The molecule has 1 saturated carbocycles. The summed E-state index contributed by atoms with van der Waals surface area (Å²) in [5.41, 5.74) is 2.15. The molecule has 0 amide bonds. The van der Waals surface area contributed by atoms with Crippen LogP contribution in [0.25, 0.3) is 0 Å². The molecule has 1 aliphatic rings. The van der Waals surface area contributed by atoms with E-state index in [1.165, 1.54) is 6.42 Å². The number of methoxy groups -OCH3 is 2. The fourth-order valence-corrected chi connectivity index (χ4v) is 4.22. The minimum atomic E-state index is -3.28. The number of sulfonamides is 1. The van der Waals surface area contributed by atoms with Gasteiger partial charge in [-0.3, -0.25) is 4.99 Å². The first-order chi connectivity index (χ1) is 13.8. The van der Waals surface area contributed by atoms with Crippen LogP contribution in [0.1, 0.15) is 30.4 Å². The normalized spacial score (nSPS) is 14.5. The number of nitrogens with zero attached hydrogens (tertiary/aromatic N) is 2. The third kappa shape index (κ3) is 7.77. The van der Waals surface area contributed by atoms with Crippen LogP contribution in [-0.2, 0) is 16.6 Å². The van der Waals surface area contributed by atoms with Crippen LogP contribution in [0.5, 0.6) is 11.5 Å². The zero-order chi connectivity index (χ0) is 21.4. The maximum Gasteiger partial charge on any atom is 0.213 e. The molecule has 1 aromatic rings. The van der Waals surface area contributed by atoms with E-state index in [0.29, 0.717) is 43.0 Å². The highest BCUT2D eigenvalue weighted by molar-refractivity contribution is 14.0. The summed E-state index contributed by atoms with van der Waals surface area (Å²) in [5.74, 6) is 2.52. The zero-order valence-corrected chi connectivity index (χ0v) is 21.7. The molecule has 1 fully saturated rings. The smallest absolute Gasteiger partial charge is 0.213 e. The molecule has 1 aliphatic carbocycles. The predicted octanol–water partition coefficient (Wildman–Crippen LogP) is 2.36. The highest BCUT2D eigenvalue weighted by Crippen LogP contribution is 2.30. The number of aliphatic imine (C=N–C) groups is 1. The van der Waals surface area contributed by atoms with E-state index in [2.05, 4.69) is 15.0 Å². The third-order valence-corrected chi connectivity index (χ3v) is 6.64. The van der Waals surface area contributed by atoms with E-state index in [1.54, 1.807) is 21.3 Å². The molecule has 0 aromatic heterocycles. The summed E-state index contributed by atoms with van der Waals surface area (Å²) in [4.78, 5) is 6.21. The molecule has 0 unspecified atom stereocenters. The van der Waals surface area contributed by atoms with E-state index >= 15 is 0 Å². The lowest BCUT2D eigenvalue weighted by Gasteiger charge is -2.25. The number of aryl methyl sites for hydroxylation is 1. The molecule has 0 spiro atoms. The highest BCUT2D eigenvalue weighted by atomic mass is 127. The minimum Gasteiger partial charge on any atom is -0.493 e. The molecule has 172 valence electrons. The molecule has 0 saturated heterocycles. The quantitative estimate of drug-likeness (QED) is 0.262. The van der Waals surface area contributed by atoms with Gasteiger partial charge in [0.1, 0.15) is 0 Å². The molecule has 0 aliphatic heterocycles. The van der Waals surface area contributed by atoms with Crippen molar-refractivity contribution in [1.29, 1.82) is 0 Å². The molecule has 0 heterocycles. The topological polar surface area (TPSA) is 92.3 Å². The SMILES string of the molecule is CN=C(NCCS(=O)(=O)NCC1CCC1)N(C)Cc1cc(OC)c(OC)cc1C.I. The highest BCUT2D eigenvalue weighted by Gasteiger charge is 2.20. The van der Waals surface area contributed by atoms with Gasteiger partial charge < -0.3 is 19.7 Å². The van der Waals surface area contributed by atoms with E-state index in [1.807, 2.05) is 31.0 Å². The van der Waals surface area contributed by atoms with Crippen LogP contribution in [0, 0.1) is 12.8 Å². The first-order valence-electron chi connectivity index (χ1n) is 9.90. The van der Waals surface area contributed by atoms with Crippen LogP contribution in [0.3, 0.4) is 0 Å². The number of guanidine groups is 1. The lowest BCUT2D eigenvalue weighted by Crippen LogP contribution is -2.42. The van der Waals surface area contributed by atoms with Crippen molar-refractivity contribution in [2.24, 2.45) is 10.9 Å². The number of halogens is 1. The molecule has 2 N–H and O–H groups in total. The van der Waals surface area contributed by atoms with Crippen molar-refractivity contribution in [3.05, 3.63) is 23.3 Å². The summed E-state index contributed by atoms with van der Waals surface area (Å²) in [7, 11) is 3.54. The zero-order valence-electron chi connectivity index (χ0n) is 18.5. The first-order valence-corrected chi connectivity index (χ1v) is 11.6. The second kappa shape index (κ2) is 12.6. The molecule has 2 rings (SSSR count). The monoisotopic (exact) mass is 554 g/mol. The van der Waals surface area contributed by atoms with Crippen LogP contribution in [-0.4, -0.2) is 66.4 Å². The van der Waals surface area contributed by atoms with Gasteiger partial charge in [0.25, 0.3) is 0 Å². The summed E-state index contributed by atoms with van der Waals surface area (Å²) in [6.45, 7) is 3.46. The molecule has 0 bridgehead atoms. The molecular weight excluding hydrogens is 519 g/mol. The molecule has 0 radical (unpaired) electrons. The molecule has 0 atom stereocenters. The Labute approximate surface area is 197 Å². The van der Waals surface area contributed by atoms with E-state index in [-0.39, 0.29) is 29.7 Å². The van der Waals surface area contributed by atoms with Gasteiger partial charge >= 0.3 is 0 Å². The fraction of sp³-hybridized carbons (Fsp3) is 0.650. The van der Waals surface area contributed by atoms with Gasteiger partial charge in [-0.05, 0) is 48.9 Å². The Morgan fingerprint density at radius 3 is 2.40 bits per heavy atom. The molecule has 8 nitrogen and oxygen atoms in total. The lowest BCUT2D eigenvalue weighted by atomic mass is 9.86. The number of ether oxygens (including phenoxy) is 2. The van der Waals surface area contributed by atoms with Crippen molar-refractivity contribution in [3.63, 3.8) is 0 Å². The van der Waals surface area contributed by atoms with Crippen LogP contribution >= 0.6 is 24.0 Å². The molecule has 30 heavy (non-hydrogen) atoms. The van der Waals surface area contributed by atoms with Crippen LogP contribution in [0.15, 0.2) is 17.1 Å². The number of hydrogen-bond donors (Lipinski definition) is 2. The van der Waals surface area contributed by atoms with E-state index in [9.17, 15) is 8.42 Å². The van der Waals surface area contributed by atoms with Gasteiger partial charge in [-0.25, -0.2) is 13.1 Å². The Balaban J connectivity index is 0.00000450. The van der Waals surface area contributed by atoms with Crippen LogP contribution in [0.2, 0.25) is 0 Å². The van der Waals surface area contributed by atoms with E-state index in [0.717, 1.165) is 24.0 Å².